The van der Waals surface area contributed by atoms with Gasteiger partial charge in [0.05, 0.1) is 11.1 Å². The van der Waals surface area contributed by atoms with Crippen molar-refractivity contribution in [3.8, 4) is 0 Å². The summed E-state index contributed by atoms with van der Waals surface area (Å²) in [5.41, 5.74) is 6.04. The molecule has 0 radical (unpaired) electrons. The van der Waals surface area contributed by atoms with E-state index in [0.29, 0.717) is 21.9 Å². The molecule has 2 aromatic rings. The Balaban J connectivity index is 2.27. The molecule has 1 aliphatic carbocycles. The van der Waals surface area contributed by atoms with Gasteiger partial charge in [-0.1, -0.05) is 11.6 Å². The van der Waals surface area contributed by atoms with Gasteiger partial charge in [-0.3, -0.25) is 0 Å². The molecule has 82 valence electrons. The molecule has 3 nitrogen and oxygen atoms in total. The van der Waals surface area contributed by atoms with Crippen molar-refractivity contribution in [2.24, 2.45) is 5.73 Å². The molecule has 1 heterocycles. The molecule has 1 aliphatic rings. The highest BCUT2D eigenvalue weighted by molar-refractivity contribution is 6.34. The number of aromatic nitrogens is 2. The number of fused-ring (bicyclic) bond motifs is 1. The van der Waals surface area contributed by atoms with Crippen LogP contribution in [0.1, 0.15) is 18.7 Å². The summed E-state index contributed by atoms with van der Waals surface area (Å²) in [6, 6.07) is 4.26. The predicted molar refractivity (Wildman–Crippen MR) is 59.6 cm³/mol. The number of hydrogen-bond donors (Lipinski definition) is 1. The Morgan fingerprint density at radius 3 is 2.75 bits per heavy atom. The molecule has 3 rings (SSSR count). The maximum atomic E-state index is 13.1. The topological polar surface area (TPSA) is 51.8 Å². The molecule has 1 saturated carbocycles. The average Bonchev–Trinajstić information content (AvgIpc) is 2.97. The summed E-state index contributed by atoms with van der Waals surface area (Å²) in [7, 11) is 0. The fourth-order valence-corrected chi connectivity index (χ4v) is 1.88. The lowest BCUT2D eigenvalue weighted by atomic mass is 10.2. The number of hydrogen-bond acceptors (Lipinski definition) is 3. The van der Waals surface area contributed by atoms with Gasteiger partial charge in [-0.2, -0.15) is 0 Å². The number of nitrogens with zero attached hydrogens (tertiary/aromatic N) is 2. The lowest BCUT2D eigenvalue weighted by Gasteiger charge is -2.09. The first-order chi connectivity index (χ1) is 7.58. The van der Waals surface area contributed by atoms with Crippen LogP contribution in [0.5, 0.6) is 0 Å². The van der Waals surface area contributed by atoms with E-state index in [9.17, 15) is 4.39 Å². The molecular weight excluding hydrogens is 229 g/mol. The Kier molecular flexibility index (Phi) is 1.94. The largest absolute Gasteiger partial charge is 0.319 e. The van der Waals surface area contributed by atoms with Crippen molar-refractivity contribution in [1.29, 1.82) is 0 Å². The lowest BCUT2D eigenvalue weighted by molar-refractivity contribution is 0.628. The smallest absolute Gasteiger partial charge is 0.150 e. The standard InChI is InChI=1S/C11H9ClFN3/c12-9-7-2-1-6(13)5-8(7)15-10(16-9)11(14)3-4-11/h1-2,5H,3-4,14H2. The van der Waals surface area contributed by atoms with Crippen LogP contribution in [0.3, 0.4) is 0 Å². The first kappa shape index (κ1) is 9.93. The van der Waals surface area contributed by atoms with E-state index in [1.54, 1.807) is 6.07 Å². The number of halogens is 2. The molecule has 0 aliphatic heterocycles. The summed E-state index contributed by atoms with van der Waals surface area (Å²) < 4.78 is 13.1. The van der Waals surface area contributed by atoms with Gasteiger partial charge in [-0.05, 0) is 25.0 Å². The third kappa shape index (κ3) is 1.45. The van der Waals surface area contributed by atoms with E-state index in [1.165, 1.54) is 12.1 Å². The summed E-state index contributed by atoms with van der Waals surface area (Å²) in [5, 5.41) is 0.979. The second-order valence-electron chi connectivity index (χ2n) is 4.16. The molecule has 0 bridgehead atoms. The van der Waals surface area contributed by atoms with Crippen molar-refractivity contribution in [1.82, 2.24) is 9.97 Å². The molecule has 0 unspecified atom stereocenters. The van der Waals surface area contributed by atoms with Crippen LogP contribution in [0, 0.1) is 5.82 Å². The van der Waals surface area contributed by atoms with Gasteiger partial charge >= 0.3 is 0 Å². The molecule has 1 aromatic carbocycles. The monoisotopic (exact) mass is 237 g/mol. The summed E-state index contributed by atoms with van der Waals surface area (Å²) in [6.07, 6.45) is 1.70. The third-order valence-electron chi connectivity index (χ3n) is 2.85. The van der Waals surface area contributed by atoms with E-state index < -0.39 is 5.54 Å². The van der Waals surface area contributed by atoms with Crippen LogP contribution in [0.15, 0.2) is 18.2 Å². The molecule has 0 spiro atoms. The minimum atomic E-state index is -0.454. The Bertz CT molecular complexity index is 581. The maximum Gasteiger partial charge on any atom is 0.150 e. The quantitative estimate of drug-likeness (QED) is 0.775. The second kappa shape index (κ2) is 3.12. The fourth-order valence-electron chi connectivity index (χ4n) is 1.64. The van der Waals surface area contributed by atoms with Crippen molar-refractivity contribution in [2.45, 2.75) is 18.4 Å². The minimum Gasteiger partial charge on any atom is -0.319 e. The Hall–Kier alpha value is -1.26. The Morgan fingerprint density at radius 2 is 2.06 bits per heavy atom. The normalized spacial score (nSPS) is 17.7. The molecule has 5 heteroatoms. The van der Waals surface area contributed by atoms with Crippen LogP contribution in [0.2, 0.25) is 5.15 Å². The number of benzene rings is 1. The van der Waals surface area contributed by atoms with E-state index in [4.69, 9.17) is 17.3 Å². The number of rotatable bonds is 1. The van der Waals surface area contributed by atoms with E-state index in [-0.39, 0.29) is 5.82 Å². The SMILES string of the molecule is NC1(c2nc(Cl)c3ccc(F)cc3n2)CC1. The molecule has 1 fully saturated rings. The molecule has 0 amide bonds. The van der Waals surface area contributed by atoms with Crippen LogP contribution in [-0.4, -0.2) is 9.97 Å². The van der Waals surface area contributed by atoms with E-state index in [2.05, 4.69) is 9.97 Å². The van der Waals surface area contributed by atoms with E-state index >= 15 is 0 Å². The predicted octanol–water partition coefficient (Wildman–Crippen LogP) is 2.37. The van der Waals surface area contributed by atoms with Crippen LogP contribution >= 0.6 is 11.6 Å². The van der Waals surface area contributed by atoms with E-state index in [1.807, 2.05) is 0 Å². The van der Waals surface area contributed by atoms with Gasteiger partial charge in [0, 0.05) is 11.5 Å². The van der Waals surface area contributed by atoms with Crippen molar-refractivity contribution < 1.29 is 4.39 Å². The zero-order valence-electron chi connectivity index (χ0n) is 8.37. The highest BCUT2D eigenvalue weighted by Crippen LogP contribution is 2.41. The van der Waals surface area contributed by atoms with Gasteiger partial charge in [0.15, 0.2) is 5.82 Å². The summed E-state index contributed by atoms with van der Waals surface area (Å²) in [4.78, 5) is 8.44. The van der Waals surface area contributed by atoms with Gasteiger partial charge in [-0.25, -0.2) is 14.4 Å². The van der Waals surface area contributed by atoms with Crippen LogP contribution < -0.4 is 5.73 Å². The second-order valence-corrected chi connectivity index (χ2v) is 4.51. The maximum absolute atomic E-state index is 13.1. The van der Waals surface area contributed by atoms with Gasteiger partial charge < -0.3 is 5.73 Å². The number of nitrogens with two attached hydrogens (primary N) is 1. The van der Waals surface area contributed by atoms with Crippen LogP contribution in [0.4, 0.5) is 4.39 Å². The first-order valence-electron chi connectivity index (χ1n) is 5.01. The molecule has 16 heavy (non-hydrogen) atoms. The molecule has 0 saturated heterocycles. The zero-order valence-corrected chi connectivity index (χ0v) is 9.13. The van der Waals surface area contributed by atoms with E-state index in [0.717, 1.165) is 12.8 Å². The highest BCUT2D eigenvalue weighted by atomic mass is 35.5. The summed E-state index contributed by atoms with van der Waals surface area (Å²) >= 11 is 6.02. The van der Waals surface area contributed by atoms with Gasteiger partial charge in [-0.15, -0.1) is 0 Å². The zero-order chi connectivity index (χ0) is 11.3. The van der Waals surface area contributed by atoms with Crippen molar-refractivity contribution in [2.75, 3.05) is 0 Å². The molecular formula is C11H9ClFN3. The average molecular weight is 238 g/mol. The fraction of sp³-hybridized carbons (Fsp3) is 0.273. The summed E-state index contributed by atoms with van der Waals surface area (Å²) in [6.45, 7) is 0. The van der Waals surface area contributed by atoms with Gasteiger partial charge in [0.25, 0.3) is 0 Å². The molecule has 0 atom stereocenters. The highest BCUT2D eigenvalue weighted by Gasteiger charge is 2.43. The Labute approximate surface area is 96.5 Å². The molecule has 2 N–H and O–H groups in total. The van der Waals surface area contributed by atoms with Crippen molar-refractivity contribution in [3.05, 3.63) is 35.0 Å². The Morgan fingerprint density at radius 1 is 1.31 bits per heavy atom. The summed E-state index contributed by atoms with van der Waals surface area (Å²) in [5.74, 6) is 0.172. The third-order valence-corrected chi connectivity index (χ3v) is 3.13. The minimum absolute atomic E-state index is 0.330. The first-order valence-corrected chi connectivity index (χ1v) is 5.38. The van der Waals surface area contributed by atoms with Crippen molar-refractivity contribution in [3.63, 3.8) is 0 Å². The van der Waals surface area contributed by atoms with Gasteiger partial charge in [0.1, 0.15) is 11.0 Å². The van der Waals surface area contributed by atoms with Crippen molar-refractivity contribution >= 4 is 22.5 Å². The van der Waals surface area contributed by atoms with Crippen LogP contribution in [0.25, 0.3) is 10.9 Å². The molecule has 1 aromatic heterocycles. The lowest BCUT2D eigenvalue weighted by Crippen LogP contribution is -2.22. The van der Waals surface area contributed by atoms with Gasteiger partial charge in [0.2, 0.25) is 0 Å². The van der Waals surface area contributed by atoms with Crippen LogP contribution in [-0.2, 0) is 5.54 Å².